The van der Waals surface area contributed by atoms with Crippen LogP contribution in [0.3, 0.4) is 0 Å². The third-order valence-electron chi connectivity index (χ3n) is 4.56. The Labute approximate surface area is 180 Å². The number of carbonyl (C=O) groups excluding carboxylic acids is 2. The highest BCUT2D eigenvalue weighted by atomic mass is 16.4. The van der Waals surface area contributed by atoms with Crippen molar-refractivity contribution in [2.45, 2.75) is 64.7 Å². The summed E-state index contributed by atoms with van der Waals surface area (Å²) < 4.78 is 5.25. The molecule has 0 fully saturated rings. The molecule has 9 nitrogen and oxygen atoms in total. The summed E-state index contributed by atoms with van der Waals surface area (Å²) in [5.41, 5.74) is -0.944. The summed E-state index contributed by atoms with van der Waals surface area (Å²) in [4.78, 5) is 57.0. The highest BCUT2D eigenvalue weighted by Crippen LogP contribution is 2.10. The molecule has 0 spiro atoms. The molecule has 0 aliphatic heterocycles. The molecule has 0 aliphatic carbocycles. The van der Waals surface area contributed by atoms with E-state index in [2.05, 4.69) is 0 Å². The van der Waals surface area contributed by atoms with E-state index in [9.17, 15) is 24.0 Å². The average Bonchev–Trinajstić information content (AvgIpc) is 2.68. The maximum atomic E-state index is 12.1. The molecule has 0 bridgehead atoms. The first-order chi connectivity index (χ1) is 14.7. The zero-order valence-electron chi connectivity index (χ0n) is 17.6. The normalized spacial score (nSPS) is 11.9. The summed E-state index contributed by atoms with van der Waals surface area (Å²) >= 11 is 0. The van der Waals surface area contributed by atoms with Gasteiger partial charge < -0.3 is 14.6 Å². The van der Waals surface area contributed by atoms with Crippen molar-refractivity contribution in [3.05, 3.63) is 40.0 Å². The molecule has 0 saturated heterocycles. The zero-order valence-corrected chi connectivity index (χ0v) is 17.6. The summed E-state index contributed by atoms with van der Waals surface area (Å²) in [6, 6.07) is 1.15. The van der Waals surface area contributed by atoms with Crippen LogP contribution in [0.15, 0.2) is 27.6 Å². The van der Waals surface area contributed by atoms with Gasteiger partial charge >= 0.3 is 11.9 Å². The molecule has 1 aromatic heterocycles. The van der Waals surface area contributed by atoms with Crippen molar-refractivity contribution in [2.75, 3.05) is 0 Å². The molecular formula is C22H29NO8. The van der Waals surface area contributed by atoms with Crippen molar-refractivity contribution in [2.24, 2.45) is 5.92 Å². The first-order valence-corrected chi connectivity index (χ1v) is 10.3. The van der Waals surface area contributed by atoms with Crippen molar-refractivity contribution >= 4 is 29.8 Å². The summed E-state index contributed by atoms with van der Waals surface area (Å²) in [5.74, 6) is -4.31. The number of unbranched alkanes of at least 4 members (excludes halogenated alkanes) is 6. The summed E-state index contributed by atoms with van der Waals surface area (Å²) in [6.45, 7) is 1.34. The van der Waals surface area contributed by atoms with Crippen LogP contribution in [0.2, 0.25) is 0 Å². The van der Waals surface area contributed by atoms with E-state index in [-0.39, 0.29) is 24.2 Å². The fourth-order valence-electron chi connectivity index (χ4n) is 2.73. The Balaban J connectivity index is 2.38. The lowest BCUT2D eigenvalue weighted by Crippen LogP contribution is -2.35. The van der Waals surface area contributed by atoms with Gasteiger partial charge in [-0.05, 0) is 25.3 Å². The SMILES string of the molecule is C[C@@H](CC(=O)NC(=O)c1coc(/C=C/CCCCCCCCC(=O)O)cc1=O)C(=O)O. The Bertz CT molecular complexity index is 855. The highest BCUT2D eigenvalue weighted by Gasteiger charge is 2.19. The van der Waals surface area contributed by atoms with Gasteiger partial charge in [0.25, 0.3) is 5.91 Å². The van der Waals surface area contributed by atoms with E-state index < -0.39 is 35.1 Å². The van der Waals surface area contributed by atoms with Crippen LogP contribution in [0.25, 0.3) is 6.08 Å². The van der Waals surface area contributed by atoms with E-state index in [4.69, 9.17) is 14.6 Å². The Morgan fingerprint density at radius 1 is 1.06 bits per heavy atom. The van der Waals surface area contributed by atoms with Crippen LogP contribution in [0.5, 0.6) is 0 Å². The van der Waals surface area contributed by atoms with Crippen LogP contribution in [-0.2, 0) is 14.4 Å². The van der Waals surface area contributed by atoms with E-state index in [0.29, 0.717) is 6.42 Å². The Morgan fingerprint density at radius 3 is 2.32 bits per heavy atom. The number of allylic oxidation sites excluding steroid dienone is 1. The fraction of sp³-hybridized carbons (Fsp3) is 0.500. The Morgan fingerprint density at radius 2 is 1.71 bits per heavy atom. The van der Waals surface area contributed by atoms with Gasteiger partial charge in [0.15, 0.2) is 5.43 Å². The summed E-state index contributed by atoms with van der Waals surface area (Å²) in [6.07, 6.45) is 10.7. The van der Waals surface area contributed by atoms with Crippen LogP contribution < -0.4 is 10.7 Å². The van der Waals surface area contributed by atoms with Crippen molar-refractivity contribution in [3.63, 3.8) is 0 Å². The number of hydrogen-bond acceptors (Lipinski definition) is 6. The maximum absolute atomic E-state index is 12.1. The number of imide groups is 1. The standard InChI is InChI=1S/C22H29NO8/c1-15(22(29)30)12-19(25)23-21(28)17-14-31-16(13-18(17)24)10-8-6-4-2-3-5-7-9-11-20(26)27/h8,10,13-15H,2-7,9,11-12H2,1H3,(H,26,27)(H,29,30)(H,23,25,28)/b10-8+/t15-/m0/s1. The van der Waals surface area contributed by atoms with Crippen LogP contribution in [0, 0.1) is 5.92 Å². The van der Waals surface area contributed by atoms with Gasteiger partial charge in [0, 0.05) is 18.9 Å². The predicted molar refractivity (Wildman–Crippen MR) is 112 cm³/mol. The average molecular weight is 435 g/mol. The molecule has 0 unspecified atom stereocenters. The number of carbonyl (C=O) groups is 4. The second kappa shape index (κ2) is 13.9. The van der Waals surface area contributed by atoms with Gasteiger partial charge in [0.1, 0.15) is 17.6 Å². The van der Waals surface area contributed by atoms with E-state index >= 15 is 0 Å². The molecule has 3 N–H and O–H groups in total. The molecule has 2 amide bonds. The van der Waals surface area contributed by atoms with E-state index in [1.54, 1.807) is 6.08 Å². The molecule has 170 valence electrons. The van der Waals surface area contributed by atoms with Crippen molar-refractivity contribution in [1.29, 1.82) is 0 Å². The molecule has 9 heteroatoms. The Hall–Kier alpha value is -3.23. The lowest BCUT2D eigenvalue weighted by atomic mass is 10.1. The number of carboxylic acid groups (broad SMARTS) is 2. The van der Waals surface area contributed by atoms with Crippen LogP contribution in [-0.4, -0.2) is 34.0 Å². The minimum atomic E-state index is -1.16. The second-order valence-electron chi connectivity index (χ2n) is 7.34. The number of nitrogens with one attached hydrogen (secondary N) is 1. The third-order valence-corrected chi connectivity index (χ3v) is 4.56. The molecule has 0 saturated carbocycles. The first-order valence-electron chi connectivity index (χ1n) is 10.3. The predicted octanol–water partition coefficient (Wildman–Crippen LogP) is 3.23. The molecule has 1 rings (SSSR count). The van der Waals surface area contributed by atoms with Crippen LogP contribution in [0.4, 0.5) is 0 Å². The third kappa shape index (κ3) is 10.9. The van der Waals surface area contributed by atoms with Crippen molar-refractivity contribution in [3.8, 4) is 0 Å². The molecule has 1 heterocycles. The number of amides is 2. The van der Waals surface area contributed by atoms with Gasteiger partial charge in [-0.25, -0.2) is 0 Å². The Kier molecular flexibility index (Phi) is 11.6. The second-order valence-corrected chi connectivity index (χ2v) is 7.34. The topological polar surface area (TPSA) is 151 Å². The molecule has 31 heavy (non-hydrogen) atoms. The minimum Gasteiger partial charge on any atom is -0.481 e. The van der Waals surface area contributed by atoms with Crippen molar-refractivity contribution < 1.29 is 33.8 Å². The fourth-order valence-corrected chi connectivity index (χ4v) is 2.73. The molecule has 0 aromatic carbocycles. The van der Waals surface area contributed by atoms with Crippen LogP contribution in [0.1, 0.15) is 80.8 Å². The van der Waals surface area contributed by atoms with E-state index in [0.717, 1.165) is 50.9 Å². The molecule has 0 aliphatic rings. The van der Waals surface area contributed by atoms with Gasteiger partial charge in [-0.3, -0.25) is 29.3 Å². The summed E-state index contributed by atoms with van der Waals surface area (Å²) in [5, 5.41) is 19.3. The smallest absolute Gasteiger partial charge is 0.306 e. The van der Waals surface area contributed by atoms with Gasteiger partial charge in [-0.2, -0.15) is 0 Å². The monoisotopic (exact) mass is 435 g/mol. The molecular weight excluding hydrogens is 406 g/mol. The number of carboxylic acids is 2. The minimum absolute atomic E-state index is 0.217. The van der Waals surface area contributed by atoms with Gasteiger partial charge in [0.2, 0.25) is 5.91 Å². The maximum Gasteiger partial charge on any atom is 0.306 e. The summed E-state index contributed by atoms with van der Waals surface area (Å²) in [7, 11) is 0. The number of rotatable bonds is 14. The van der Waals surface area contributed by atoms with Crippen molar-refractivity contribution in [1.82, 2.24) is 5.32 Å². The lowest BCUT2D eigenvalue weighted by molar-refractivity contribution is -0.143. The zero-order chi connectivity index (χ0) is 23.2. The van der Waals surface area contributed by atoms with E-state index in [1.807, 2.05) is 11.4 Å². The molecule has 1 atom stereocenters. The van der Waals surface area contributed by atoms with Gasteiger partial charge in [-0.15, -0.1) is 0 Å². The highest BCUT2D eigenvalue weighted by molar-refractivity contribution is 6.04. The lowest BCUT2D eigenvalue weighted by Gasteiger charge is -2.06. The van der Waals surface area contributed by atoms with Crippen LogP contribution >= 0.6 is 0 Å². The van der Waals surface area contributed by atoms with Gasteiger partial charge in [-0.1, -0.05) is 38.7 Å². The largest absolute Gasteiger partial charge is 0.481 e. The first kappa shape index (κ1) is 25.8. The number of aliphatic carboxylic acids is 2. The quantitative estimate of drug-likeness (QED) is 0.377. The number of hydrogen-bond donors (Lipinski definition) is 3. The molecule has 1 aromatic rings. The molecule has 0 radical (unpaired) electrons. The van der Waals surface area contributed by atoms with Gasteiger partial charge in [0.05, 0.1) is 5.92 Å². The van der Waals surface area contributed by atoms with E-state index in [1.165, 1.54) is 6.92 Å².